The zero-order valence-electron chi connectivity index (χ0n) is 13.8. The summed E-state index contributed by atoms with van der Waals surface area (Å²) < 4.78 is 5.46. The summed E-state index contributed by atoms with van der Waals surface area (Å²) in [7, 11) is 0. The van der Waals surface area contributed by atoms with Gasteiger partial charge in [0.2, 0.25) is 5.91 Å². The van der Waals surface area contributed by atoms with E-state index < -0.39 is 17.9 Å². The second kappa shape index (κ2) is 7.09. The van der Waals surface area contributed by atoms with Crippen molar-refractivity contribution in [2.45, 2.75) is 13.0 Å². The number of ether oxygens (including phenoxy) is 1. The molecule has 6 nitrogen and oxygen atoms in total. The molecule has 128 valence electrons. The number of H-pyrrole nitrogens is 1. The maximum atomic E-state index is 12.5. The molecular weight excluding hydrogens is 318 g/mol. The van der Waals surface area contributed by atoms with E-state index in [1.807, 2.05) is 31.2 Å². The van der Waals surface area contributed by atoms with Crippen LogP contribution in [0.3, 0.4) is 0 Å². The van der Waals surface area contributed by atoms with E-state index in [9.17, 15) is 9.59 Å². The molecule has 0 aliphatic heterocycles. The molecule has 0 aliphatic rings. The van der Waals surface area contributed by atoms with Crippen LogP contribution < -0.4 is 15.8 Å². The molecule has 0 saturated carbocycles. The molecule has 25 heavy (non-hydrogen) atoms. The van der Waals surface area contributed by atoms with Crippen molar-refractivity contribution in [3.8, 4) is 5.75 Å². The van der Waals surface area contributed by atoms with Crippen LogP contribution in [0, 0.1) is 0 Å². The van der Waals surface area contributed by atoms with Crippen molar-refractivity contribution in [3.63, 3.8) is 0 Å². The van der Waals surface area contributed by atoms with Crippen LogP contribution >= 0.6 is 0 Å². The summed E-state index contributed by atoms with van der Waals surface area (Å²) in [6, 6.07) is 15.3. The average molecular weight is 337 g/mol. The third kappa shape index (κ3) is 3.63. The highest BCUT2D eigenvalue weighted by atomic mass is 16.5. The second-order valence-electron chi connectivity index (χ2n) is 5.58. The number of hydrogen-bond donors (Lipinski definition) is 3. The molecule has 1 heterocycles. The molecule has 0 radical (unpaired) electrons. The topological polar surface area (TPSA) is 97.2 Å². The van der Waals surface area contributed by atoms with Gasteiger partial charge in [-0.3, -0.25) is 9.59 Å². The number of nitrogens with two attached hydrogens (primary N) is 1. The molecular formula is C19H19N3O3. The minimum atomic E-state index is -0.890. The number of aromatic nitrogens is 1. The minimum absolute atomic E-state index is 0.353. The maximum absolute atomic E-state index is 12.5. The molecule has 3 rings (SSSR count). The molecule has 1 aromatic heterocycles. The molecule has 3 aromatic rings. The second-order valence-corrected chi connectivity index (χ2v) is 5.58. The minimum Gasteiger partial charge on any atom is -0.494 e. The summed E-state index contributed by atoms with van der Waals surface area (Å²) in [4.78, 5) is 27.3. The molecule has 0 unspecified atom stereocenters. The van der Waals surface area contributed by atoms with Gasteiger partial charge in [-0.15, -0.1) is 0 Å². The van der Waals surface area contributed by atoms with Gasteiger partial charge in [-0.1, -0.05) is 30.3 Å². The van der Waals surface area contributed by atoms with Gasteiger partial charge >= 0.3 is 0 Å². The van der Waals surface area contributed by atoms with Crippen LogP contribution in [0.15, 0.2) is 54.6 Å². The number of amides is 2. The molecule has 1 atom stereocenters. The van der Waals surface area contributed by atoms with E-state index in [1.54, 1.807) is 30.3 Å². The third-order valence-electron chi connectivity index (χ3n) is 3.84. The van der Waals surface area contributed by atoms with Gasteiger partial charge in [0.25, 0.3) is 5.91 Å². The van der Waals surface area contributed by atoms with Crippen LogP contribution in [0.5, 0.6) is 5.75 Å². The number of hydrogen-bond acceptors (Lipinski definition) is 3. The standard InChI is InChI=1S/C19H19N3O3/c1-2-25-14-9-8-13-10-16(21-15(13)11-14)19(24)22-17(18(20)23)12-6-4-3-5-7-12/h3-11,17,21H,2H2,1H3,(H2,20,23)(H,22,24)/t17-/m0/s1. The van der Waals surface area contributed by atoms with Crippen LogP contribution in [0.2, 0.25) is 0 Å². The van der Waals surface area contributed by atoms with Gasteiger partial charge in [0.1, 0.15) is 17.5 Å². The van der Waals surface area contributed by atoms with Gasteiger partial charge in [-0.25, -0.2) is 0 Å². The van der Waals surface area contributed by atoms with Crippen LogP contribution in [0.4, 0.5) is 0 Å². The summed E-state index contributed by atoms with van der Waals surface area (Å²) in [5.41, 5.74) is 7.22. The van der Waals surface area contributed by atoms with Crippen molar-refractivity contribution >= 4 is 22.7 Å². The molecule has 4 N–H and O–H groups in total. The van der Waals surface area contributed by atoms with E-state index in [2.05, 4.69) is 10.3 Å². The molecule has 0 bridgehead atoms. The monoisotopic (exact) mass is 337 g/mol. The lowest BCUT2D eigenvalue weighted by molar-refractivity contribution is -0.120. The Hall–Kier alpha value is -3.28. The summed E-state index contributed by atoms with van der Waals surface area (Å²) in [5.74, 6) is -0.292. The largest absolute Gasteiger partial charge is 0.494 e. The molecule has 0 saturated heterocycles. The summed E-state index contributed by atoms with van der Waals surface area (Å²) in [6.07, 6.45) is 0. The quantitative estimate of drug-likeness (QED) is 0.645. The van der Waals surface area contributed by atoms with Crippen molar-refractivity contribution in [1.29, 1.82) is 0 Å². The number of fused-ring (bicyclic) bond motifs is 1. The van der Waals surface area contributed by atoms with E-state index in [4.69, 9.17) is 10.5 Å². The highest BCUT2D eigenvalue weighted by Gasteiger charge is 2.21. The maximum Gasteiger partial charge on any atom is 0.268 e. The molecule has 6 heteroatoms. The SMILES string of the molecule is CCOc1ccc2cc(C(=O)N[C@H](C(N)=O)c3ccccc3)[nH]c2c1. The van der Waals surface area contributed by atoms with Gasteiger partial charge in [-0.2, -0.15) is 0 Å². The lowest BCUT2D eigenvalue weighted by atomic mass is 10.1. The van der Waals surface area contributed by atoms with E-state index in [1.165, 1.54) is 0 Å². The van der Waals surface area contributed by atoms with E-state index in [0.29, 0.717) is 17.9 Å². The first-order valence-electron chi connectivity index (χ1n) is 7.99. The highest BCUT2D eigenvalue weighted by molar-refractivity contribution is 6.00. The molecule has 2 amide bonds. The smallest absolute Gasteiger partial charge is 0.268 e. The molecule has 2 aromatic carbocycles. The zero-order valence-corrected chi connectivity index (χ0v) is 13.8. The van der Waals surface area contributed by atoms with E-state index in [0.717, 1.165) is 16.7 Å². The van der Waals surface area contributed by atoms with E-state index >= 15 is 0 Å². The van der Waals surface area contributed by atoms with Crippen molar-refractivity contribution in [3.05, 3.63) is 65.9 Å². The van der Waals surface area contributed by atoms with Gasteiger partial charge < -0.3 is 20.8 Å². The Morgan fingerprint density at radius 1 is 1.16 bits per heavy atom. The lowest BCUT2D eigenvalue weighted by Crippen LogP contribution is -2.37. The molecule has 0 fully saturated rings. The van der Waals surface area contributed by atoms with Crippen molar-refractivity contribution < 1.29 is 14.3 Å². The fourth-order valence-electron chi connectivity index (χ4n) is 2.66. The van der Waals surface area contributed by atoms with E-state index in [-0.39, 0.29) is 0 Å². The van der Waals surface area contributed by atoms with Crippen LogP contribution in [0.1, 0.15) is 29.0 Å². The average Bonchev–Trinajstić information content (AvgIpc) is 3.03. The molecule has 0 spiro atoms. The highest BCUT2D eigenvalue weighted by Crippen LogP contribution is 2.22. The predicted molar refractivity (Wildman–Crippen MR) is 95.3 cm³/mol. The Balaban J connectivity index is 1.84. The normalized spacial score (nSPS) is 11.9. The third-order valence-corrected chi connectivity index (χ3v) is 3.84. The Labute approximate surface area is 145 Å². The number of primary amides is 1. The fourth-order valence-corrected chi connectivity index (χ4v) is 2.66. The zero-order chi connectivity index (χ0) is 17.8. The Morgan fingerprint density at radius 2 is 1.92 bits per heavy atom. The van der Waals surface area contributed by atoms with Crippen LogP contribution in [0.25, 0.3) is 10.9 Å². The number of benzene rings is 2. The number of carbonyl (C=O) groups excluding carboxylic acids is 2. The van der Waals surface area contributed by atoms with Crippen LogP contribution in [-0.2, 0) is 4.79 Å². The Morgan fingerprint density at radius 3 is 2.60 bits per heavy atom. The van der Waals surface area contributed by atoms with Gasteiger partial charge in [0, 0.05) is 17.0 Å². The first-order chi connectivity index (χ1) is 12.1. The summed E-state index contributed by atoms with van der Waals surface area (Å²) >= 11 is 0. The fraction of sp³-hybridized carbons (Fsp3) is 0.158. The number of carbonyl (C=O) groups is 2. The van der Waals surface area contributed by atoms with Crippen molar-refractivity contribution in [2.24, 2.45) is 5.73 Å². The molecule has 0 aliphatic carbocycles. The first-order valence-corrected chi connectivity index (χ1v) is 7.99. The number of aromatic amines is 1. The summed E-state index contributed by atoms with van der Waals surface area (Å²) in [5, 5.41) is 3.55. The Bertz CT molecular complexity index is 903. The lowest BCUT2D eigenvalue weighted by Gasteiger charge is -2.15. The first kappa shape index (κ1) is 16.6. The van der Waals surface area contributed by atoms with Gasteiger partial charge in [0.05, 0.1) is 6.61 Å². The number of rotatable bonds is 6. The summed E-state index contributed by atoms with van der Waals surface area (Å²) in [6.45, 7) is 2.47. The van der Waals surface area contributed by atoms with Crippen molar-refractivity contribution in [2.75, 3.05) is 6.61 Å². The van der Waals surface area contributed by atoms with Gasteiger partial charge in [0.15, 0.2) is 0 Å². The number of nitrogens with one attached hydrogen (secondary N) is 2. The van der Waals surface area contributed by atoms with Gasteiger partial charge in [-0.05, 0) is 30.7 Å². The van der Waals surface area contributed by atoms with Crippen LogP contribution in [-0.4, -0.2) is 23.4 Å². The predicted octanol–water partition coefficient (Wildman–Crippen LogP) is 2.52. The Kier molecular flexibility index (Phi) is 4.70. The van der Waals surface area contributed by atoms with Crippen molar-refractivity contribution in [1.82, 2.24) is 10.3 Å².